The van der Waals surface area contributed by atoms with Crippen LogP contribution in [0.25, 0.3) is 0 Å². The molecular weight excluding hydrogens is 345 g/mol. The van der Waals surface area contributed by atoms with Gasteiger partial charge in [0.05, 0.1) is 0 Å². The Bertz CT molecular complexity index is 745. The molecule has 0 unspecified atom stereocenters. The van der Waals surface area contributed by atoms with Gasteiger partial charge in [-0.2, -0.15) is 0 Å². The summed E-state index contributed by atoms with van der Waals surface area (Å²) < 4.78 is 13.6. The maximum absolute atomic E-state index is 13.6. The lowest BCUT2D eigenvalue weighted by Gasteiger charge is -2.37. The van der Waals surface area contributed by atoms with Crippen LogP contribution in [0.2, 0.25) is 5.02 Å². The molecule has 0 radical (unpaired) electrons. The van der Waals surface area contributed by atoms with Gasteiger partial charge in [0, 0.05) is 42.6 Å². The monoisotopic (exact) mass is 363 g/mol. The van der Waals surface area contributed by atoms with E-state index in [4.69, 9.17) is 23.8 Å². The van der Waals surface area contributed by atoms with Gasteiger partial charge < -0.3 is 15.1 Å². The lowest BCUT2D eigenvalue weighted by atomic mass is 10.2. The van der Waals surface area contributed by atoms with Gasteiger partial charge in [0.2, 0.25) is 0 Å². The third-order valence-corrected chi connectivity index (χ3v) is 4.76. The van der Waals surface area contributed by atoms with Gasteiger partial charge in [-0.3, -0.25) is 0 Å². The van der Waals surface area contributed by atoms with E-state index in [-0.39, 0.29) is 5.82 Å². The van der Waals surface area contributed by atoms with E-state index in [2.05, 4.69) is 21.2 Å². The van der Waals surface area contributed by atoms with E-state index in [1.54, 1.807) is 13.0 Å². The highest BCUT2D eigenvalue weighted by Crippen LogP contribution is 2.21. The summed E-state index contributed by atoms with van der Waals surface area (Å²) in [5, 5.41) is 4.49. The maximum Gasteiger partial charge on any atom is 0.173 e. The van der Waals surface area contributed by atoms with Crippen LogP contribution in [0, 0.1) is 12.7 Å². The fourth-order valence-corrected chi connectivity index (χ4v) is 3.20. The zero-order valence-electron chi connectivity index (χ0n) is 13.4. The Morgan fingerprint density at radius 1 is 1.12 bits per heavy atom. The molecule has 1 saturated heterocycles. The second-order valence-corrected chi connectivity index (χ2v) is 6.67. The third kappa shape index (κ3) is 3.97. The Morgan fingerprint density at radius 3 is 2.54 bits per heavy atom. The van der Waals surface area contributed by atoms with E-state index in [1.165, 1.54) is 6.07 Å². The minimum Gasteiger partial charge on any atom is -0.368 e. The van der Waals surface area contributed by atoms with E-state index < -0.39 is 0 Å². The van der Waals surface area contributed by atoms with Crippen LogP contribution in [0.3, 0.4) is 0 Å². The Morgan fingerprint density at radius 2 is 1.88 bits per heavy atom. The molecule has 1 fully saturated rings. The number of hydrogen-bond donors (Lipinski definition) is 1. The molecule has 0 amide bonds. The first-order chi connectivity index (χ1) is 11.5. The predicted molar refractivity (Wildman–Crippen MR) is 103 cm³/mol. The second-order valence-electron chi connectivity index (χ2n) is 5.85. The topological polar surface area (TPSA) is 18.5 Å². The zero-order chi connectivity index (χ0) is 17.1. The summed E-state index contributed by atoms with van der Waals surface area (Å²) in [4.78, 5) is 4.39. The molecule has 2 aromatic carbocycles. The van der Waals surface area contributed by atoms with Gasteiger partial charge in [-0.05, 0) is 55.0 Å². The largest absolute Gasteiger partial charge is 0.368 e. The zero-order valence-corrected chi connectivity index (χ0v) is 15.0. The molecular formula is C18H19ClFN3S. The minimum atomic E-state index is -0.228. The summed E-state index contributed by atoms with van der Waals surface area (Å²) in [5.41, 5.74) is 2.43. The summed E-state index contributed by atoms with van der Waals surface area (Å²) in [6.07, 6.45) is 0. The van der Waals surface area contributed by atoms with Crippen molar-refractivity contribution >= 4 is 40.3 Å². The molecule has 2 aromatic rings. The van der Waals surface area contributed by atoms with Crippen LogP contribution in [0.15, 0.2) is 42.5 Å². The van der Waals surface area contributed by atoms with E-state index in [0.717, 1.165) is 36.9 Å². The van der Waals surface area contributed by atoms with Crippen molar-refractivity contribution in [2.24, 2.45) is 0 Å². The maximum atomic E-state index is 13.6. The summed E-state index contributed by atoms with van der Waals surface area (Å²) in [6.45, 7) is 5.10. The average molecular weight is 364 g/mol. The summed E-state index contributed by atoms with van der Waals surface area (Å²) >= 11 is 11.5. The Labute approximate surface area is 152 Å². The number of benzene rings is 2. The highest BCUT2D eigenvalue weighted by molar-refractivity contribution is 7.80. The molecule has 0 spiro atoms. The SMILES string of the molecule is Cc1ccc(NC(=S)N2CCN(c3cccc(Cl)c3)CC2)cc1F. The molecule has 0 atom stereocenters. The van der Waals surface area contributed by atoms with Gasteiger partial charge in [-0.15, -0.1) is 0 Å². The molecule has 0 aliphatic carbocycles. The van der Waals surface area contributed by atoms with Crippen LogP contribution < -0.4 is 10.2 Å². The predicted octanol–water partition coefficient (Wildman–Crippen LogP) is 4.31. The van der Waals surface area contributed by atoms with Crippen LogP contribution in [-0.2, 0) is 0 Å². The van der Waals surface area contributed by atoms with Crippen molar-refractivity contribution < 1.29 is 4.39 Å². The van der Waals surface area contributed by atoms with Gasteiger partial charge in [0.1, 0.15) is 5.82 Å². The quantitative estimate of drug-likeness (QED) is 0.801. The standard InChI is InChI=1S/C18H19ClFN3S/c1-13-5-6-15(12-17(13)20)21-18(24)23-9-7-22(8-10-23)16-4-2-3-14(19)11-16/h2-6,11-12H,7-10H2,1H3,(H,21,24). The van der Waals surface area contributed by atoms with Crippen LogP contribution in [0.4, 0.5) is 15.8 Å². The molecule has 126 valence electrons. The lowest BCUT2D eigenvalue weighted by Crippen LogP contribution is -2.50. The van der Waals surface area contributed by atoms with E-state index >= 15 is 0 Å². The normalized spacial score (nSPS) is 14.6. The van der Waals surface area contributed by atoms with Crippen molar-refractivity contribution in [3.8, 4) is 0 Å². The van der Waals surface area contributed by atoms with Gasteiger partial charge >= 0.3 is 0 Å². The molecule has 24 heavy (non-hydrogen) atoms. The summed E-state index contributed by atoms with van der Waals surface area (Å²) in [7, 11) is 0. The van der Waals surface area contributed by atoms with Crippen molar-refractivity contribution in [2.45, 2.75) is 6.92 Å². The number of nitrogens with zero attached hydrogens (tertiary/aromatic N) is 2. The van der Waals surface area contributed by atoms with Crippen molar-refractivity contribution in [1.29, 1.82) is 0 Å². The highest BCUT2D eigenvalue weighted by atomic mass is 35.5. The number of thiocarbonyl (C=S) groups is 1. The van der Waals surface area contributed by atoms with Crippen molar-refractivity contribution in [2.75, 3.05) is 36.4 Å². The van der Waals surface area contributed by atoms with E-state index in [0.29, 0.717) is 16.4 Å². The molecule has 6 heteroatoms. The highest BCUT2D eigenvalue weighted by Gasteiger charge is 2.19. The first-order valence-corrected chi connectivity index (χ1v) is 8.64. The van der Waals surface area contributed by atoms with Crippen LogP contribution in [-0.4, -0.2) is 36.2 Å². The molecule has 1 heterocycles. The Balaban J connectivity index is 1.58. The van der Waals surface area contributed by atoms with Gasteiger partial charge in [0.25, 0.3) is 0 Å². The molecule has 1 aliphatic heterocycles. The number of nitrogens with one attached hydrogen (secondary N) is 1. The average Bonchev–Trinajstić information content (AvgIpc) is 2.58. The number of piperazine rings is 1. The molecule has 0 aromatic heterocycles. The molecule has 0 bridgehead atoms. The van der Waals surface area contributed by atoms with Gasteiger partial charge in [-0.1, -0.05) is 23.7 Å². The number of rotatable bonds is 2. The van der Waals surface area contributed by atoms with Crippen LogP contribution >= 0.6 is 23.8 Å². The van der Waals surface area contributed by atoms with Gasteiger partial charge in [0.15, 0.2) is 5.11 Å². The van der Waals surface area contributed by atoms with E-state index in [1.807, 2.05) is 24.3 Å². The van der Waals surface area contributed by atoms with Crippen molar-refractivity contribution in [1.82, 2.24) is 4.90 Å². The molecule has 1 N–H and O–H groups in total. The van der Waals surface area contributed by atoms with Crippen LogP contribution in [0.1, 0.15) is 5.56 Å². The number of aryl methyl sites for hydroxylation is 1. The fourth-order valence-electron chi connectivity index (χ4n) is 2.71. The number of hydrogen-bond acceptors (Lipinski definition) is 2. The Kier molecular flexibility index (Phi) is 5.21. The minimum absolute atomic E-state index is 0.228. The van der Waals surface area contributed by atoms with Gasteiger partial charge in [-0.25, -0.2) is 4.39 Å². The first-order valence-electron chi connectivity index (χ1n) is 7.85. The molecule has 3 rings (SSSR count). The van der Waals surface area contributed by atoms with Crippen molar-refractivity contribution in [3.05, 3.63) is 58.9 Å². The van der Waals surface area contributed by atoms with Crippen molar-refractivity contribution in [3.63, 3.8) is 0 Å². The molecule has 3 nitrogen and oxygen atoms in total. The number of halogens is 2. The van der Waals surface area contributed by atoms with E-state index in [9.17, 15) is 4.39 Å². The third-order valence-electron chi connectivity index (χ3n) is 4.16. The first kappa shape index (κ1) is 17.0. The van der Waals surface area contributed by atoms with Crippen LogP contribution in [0.5, 0.6) is 0 Å². The second kappa shape index (κ2) is 7.36. The smallest absolute Gasteiger partial charge is 0.173 e. The summed E-state index contributed by atoms with van der Waals surface area (Å²) in [5.74, 6) is -0.228. The number of anilines is 2. The molecule has 1 aliphatic rings. The lowest BCUT2D eigenvalue weighted by molar-refractivity contribution is 0.391. The fraction of sp³-hybridized carbons (Fsp3) is 0.278. The Hall–Kier alpha value is -1.85. The summed E-state index contributed by atoms with van der Waals surface area (Å²) in [6, 6.07) is 12.9. The molecule has 0 saturated carbocycles.